The summed E-state index contributed by atoms with van der Waals surface area (Å²) < 4.78 is 4.80. The van der Waals surface area contributed by atoms with Gasteiger partial charge in [-0.2, -0.15) is 0 Å². The summed E-state index contributed by atoms with van der Waals surface area (Å²) in [5, 5.41) is 6.46. The van der Waals surface area contributed by atoms with Crippen molar-refractivity contribution in [2.75, 3.05) is 0 Å². The number of nitrogens with zero attached hydrogens (tertiary/aromatic N) is 4. The second-order valence-electron chi connectivity index (χ2n) is 16.7. The van der Waals surface area contributed by atoms with Gasteiger partial charge in [0.05, 0.1) is 41.5 Å². The van der Waals surface area contributed by atoms with Crippen LogP contribution in [0.2, 0.25) is 19.6 Å². The van der Waals surface area contributed by atoms with E-state index in [0.29, 0.717) is 5.82 Å². The largest absolute Gasteiger partial charge is 0.309 e. The number of rotatable bonds is 7. The fourth-order valence-corrected chi connectivity index (χ4v) is 9.99. The van der Waals surface area contributed by atoms with Crippen LogP contribution in [0.25, 0.3) is 100 Å². The first-order chi connectivity index (χ1) is 29.4. The summed E-state index contributed by atoms with van der Waals surface area (Å²) in [5.74, 6) is 0.714. The standard InChI is InChI=1S/C55H42N4Si/c1-60(2,3)44-30-28-43(29-31-44)59-52-21-13-11-19-46(52)48-35-41(25-33-54(48)59)40-24-32-53-47(34-40)45-18-10-12-20-51(45)58(53)42-26-22-38(23-27-42)50-36-49(37-14-6-4-7-15-37)56-55(57-50)39-16-8-5-9-17-39/h4-36H,1-3H3. The summed E-state index contributed by atoms with van der Waals surface area (Å²) in [6.07, 6.45) is 0. The lowest BCUT2D eigenvalue weighted by atomic mass is 10.0. The van der Waals surface area contributed by atoms with Crippen LogP contribution in [-0.4, -0.2) is 27.2 Å². The van der Waals surface area contributed by atoms with Gasteiger partial charge in [-0.15, -0.1) is 0 Å². The van der Waals surface area contributed by atoms with E-state index in [4.69, 9.17) is 9.97 Å². The monoisotopic (exact) mass is 786 g/mol. The highest BCUT2D eigenvalue weighted by Gasteiger charge is 2.19. The van der Waals surface area contributed by atoms with Gasteiger partial charge in [0.15, 0.2) is 5.82 Å². The zero-order valence-electron chi connectivity index (χ0n) is 33.8. The summed E-state index contributed by atoms with van der Waals surface area (Å²) in [7, 11) is -1.40. The number of aromatic nitrogens is 4. The summed E-state index contributed by atoms with van der Waals surface area (Å²) in [6, 6.07) is 72.1. The van der Waals surface area contributed by atoms with Crippen LogP contribution < -0.4 is 5.19 Å². The van der Waals surface area contributed by atoms with Gasteiger partial charge in [-0.25, -0.2) is 9.97 Å². The third kappa shape index (κ3) is 6.14. The van der Waals surface area contributed by atoms with Gasteiger partial charge >= 0.3 is 0 Å². The molecule has 286 valence electrons. The maximum absolute atomic E-state index is 5.08. The minimum absolute atomic E-state index is 0.714. The van der Waals surface area contributed by atoms with Crippen LogP contribution >= 0.6 is 0 Å². The van der Waals surface area contributed by atoms with Crippen molar-refractivity contribution in [1.29, 1.82) is 0 Å². The Labute approximate surface area is 350 Å². The zero-order valence-corrected chi connectivity index (χ0v) is 34.8. The average molecular weight is 787 g/mol. The molecule has 0 unspecified atom stereocenters. The third-order valence-corrected chi connectivity index (χ3v) is 14.0. The molecule has 11 rings (SSSR count). The van der Waals surface area contributed by atoms with E-state index in [2.05, 4.69) is 205 Å². The van der Waals surface area contributed by atoms with Crippen molar-refractivity contribution in [3.63, 3.8) is 0 Å². The molecule has 0 N–H and O–H groups in total. The molecule has 0 saturated carbocycles. The van der Waals surface area contributed by atoms with Gasteiger partial charge in [-0.1, -0.05) is 158 Å². The molecular weight excluding hydrogens is 745 g/mol. The Hall–Kier alpha value is -7.34. The molecule has 11 aromatic rings. The van der Waals surface area contributed by atoms with Crippen molar-refractivity contribution in [2.45, 2.75) is 19.6 Å². The Balaban J connectivity index is 0.990. The first kappa shape index (κ1) is 35.8. The first-order valence-corrected chi connectivity index (χ1v) is 24.2. The second kappa shape index (κ2) is 14.2. The van der Waals surface area contributed by atoms with Crippen molar-refractivity contribution >= 4 is 56.9 Å². The van der Waals surface area contributed by atoms with Crippen LogP contribution in [0.5, 0.6) is 0 Å². The summed E-state index contributed by atoms with van der Waals surface area (Å²) in [4.78, 5) is 10.1. The quantitative estimate of drug-likeness (QED) is 0.151. The van der Waals surface area contributed by atoms with Crippen molar-refractivity contribution < 1.29 is 0 Å². The van der Waals surface area contributed by atoms with E-state index in [9.17, 15) is 0 Å². The predicted molar refractivity (Wildman–Crippen MR) is 255 cm³/mol. The van der Waals surface area contributed by atoms with E-state index < -0.39 is 8.07 Å². The van der Waals surface area contributed by atoms with E-state index in [-0.39, 0.29) is 0 Å². The highest BCUT2D eigenvalue weighted by molar-refractivity contribution is 6.88. The Kier molecular flexibility index (Phi) is 8.46. The zero-order chi connectivity index (χ0) is 40.4. The van der Waals surface area contributed by atoms with Crippen LogP contribution in [0.1, 0.15) is 0 Å². The molecule has 60 heavy (non-hydrogen) atoms. The molecule has 3 heterocycles. The molecule has 0 fully saturated rings. The fourth-order valence-electron chi connectivity index (χ4n) is 8.82. The van der Waals surface area contributed by atoms with E-state index in [1.165, 1.54) is 65.6 Å². The van der Waals surface area contributed by atoms with Gasteiger partial charge in [0.2, 0.25) is 0 Å². The number of hydrogen-bond acceptors (Lipinski definition) is 2. The molecule has 0 bridgehead atoms. The Bertz CT molecular complexity index is 3320. The van der Waals surface area contributed by atoms with Crippen LogP contribution in [0.4, 0.5) is 0 Å². The molecule has 0 spiro atoms. The molecule has 0 aliphatic heterocycles. The van der Waals surface area contributed by atoms with E-state index >= 15 is 0 Å². The van der Waals surface area contributed by atoms with Gasteiger partial charge in [-0.3, -0.25) is 0 Å². The highest BCUT2D eigenvalue weighted by Crippen LogP contribution is 2.39. The lowest BCUT2D eigenvalue weighted by molar-refractivity contribution is 1.17. The summed E-state index contributed by atoms with van der Waals surface area (Å²) >= 11 is 0. The van der Waals surface area contributed by atoms with E-state index in [0.717, 1.165) is 33.8 Å². The molecule has 0 saturated heterocycles. The molecule has 4 nitrogen and oxygen atoms in total. The molecule has 0 radical (unpaired) electrons. The molecule has 0 aliphatic rings. The Morgan fingerprint density at radius 3 is 1.23 bits per heavy atom. The van der Waals surface area contributed by atoms with Crippen molar-refractivity contribution in [2.24, 2.45) is 0 Å². The molecule has 5 heteroatoms. The SMILES string of the molecule is C[Si](C)(C)c1ccc(-n2c3ccccc3c3cc(-c4ccc5c(c4)c4ccccc4n5-c4ccc(-c5cc(-c6ccccc6)nc(-c6ccccc6)n5)cc4)ccc32)cc1. The topological polar surface area (TPSA) is 35.6 Å². The maximum Gasteiger partial charge on any atom is 0.160 e. The van der Waals surface area contributed by atoms with Crippen molar-refractivity contribution in [3.05, 3.63) is 200 Å². The number of para-hydroxylation sites is 2. The number of hydrogen-bond donors (Lipinski definition) is 0. The highest BCUT2D eigenvalue weighted by atomic mass is 28.3. The van der Waals surface area contributed by atoms with E-state index in [1.807, 2.05) is 24.3 Å². The Morgan fingerprint density at radius 2 is 0.733 bits per heavy atom. The summed E-state index contributed by atoms with van der Waals surface area (Å²) in [6.45, 7) is 7.21. The maximum atomic E-state index is 5.08. The minimum Gasteiger partial charge on any atom is -0.309 e. The van der Waals surface area contributed by atoms with Gasteiger partial charge in [0.1, 0.15) is 0 Å². The fraction of sp³-hybridized carbons (Fsp3) is 0.0545. The molecular formula is C55H42N4Si. The van der Waals surface area contributed by atoms with Gasteiger partial charge in [0.25, 0.3) is 0 Å². The normalized spacial score (nSPS) is 11.9. The lowest BCUT2D eigenvalue weighted by Gasteiger charge is -2.17. The van der Waals surface area contributed by atoms with Crippen LogP contribution in [0.3, 0.4) is 0 Å². The van der Waals surface area contributed by atoms with Crippen LogP contribution in [0.15, 0.2) is 200 Å². The third-order valence-electron chi connectivity index (χ3n) is 11.9. The molecule has 8 aromatic carbocycles. The number of fused-ring (bicyclic) bond motifs is 6. The van der Waals surface area contributed by atoms with E-state index in [1.54, 1.807) is 0 Å². The molecule has 0 amide bonds. The number of benzene rings is 8. The first-order valence-electron chi connectivity index (χ1n) is 20.7. The van der Waals surface area contributed by atoms with Gasteiger partial charge < -0.3 is 9.13 Å². The van der Waals surface area contributed by atoms with Crippen LogP contribution in [0, 0.1) is 0 Å². The summed E-state index contributed by atoms with van der Waals surface area (Å²) in [5.41, 5.74) is 14.4. The molecule has 0 aliphatic carbocycles. The smallest absolute Gasteiger partial charge is 0.160 e. The molecule has 3 aromatic heterocycles. The predicted octanol–water partition coefficient (Wildman–Crippen LogP) is 13.9. The van der Waals surface area contributed by atoms with Crippen molar-refractivity contribution in [1.82, 2.24) is 19.1 Å². The van der Waals surface area contributed by atoms with Crippen LogP contribution in [-0.2, 0) is 0 Å². The Morgan fingerprint density at radius 1 is 0.333 bits per heavy atom. The molecule has 0 atom stereocenters. The average Bonchev–Trinajstić information content (AvgIpc) is 3.81. The minimum atomic E-state index is -1.40. The lowest BCUT2D eigenvalue weighted by Crippen LogP contribution is -2.37. The van der Waals surface area contributed by atoms with Crippen molar-refractivity contribution in [3.8, 4) is 56.4 Å². The van der Waals surface area contributed by atoms with Gasteiger partial charge in [-0.05, 0) is 77.9 Å². The van der Waals surface area contributed by atoms with Gasteiger partial charge in [0, 0.05) is 49.6 Å². The second-order valence-corrected chi connectivity index (χ2v) is 21.8.